The number of rotatable bonds is 5. The summed E-state index contributed by atoms with van der Waals surface area (Å²) in [7, 11) is 0. The highest BCUT2D eigenvalue weighted by atomic mass is 32.1. The minimum Gasteiger partial charge on any atom is -0.481 e. The highest BCUT2D eigenvalue weighted by Crippen LogP contribution is 2.36. The first-order valence-corrected chi connectivity index (χ1v) is 8.65. The van der Waals surface area contributed by atoms with Crippen LogP contribution in [0.15, 0.2) is 35.2 Å². The number of nitrogens with zero attached hydrogens (tertiary/aromatic N) is 2. The molecule has 2 heterocycles. The molecule has 1 aliphatic rings. The summed E-state index contributed by atoms with van der Waals surface area (Å²) < 4.78 is 13.3. The molecule has 1 saturated heterocycles. The Kier molecular flexibility index (Phi) is 4.89. The molecule has 5 nitrogen and oxygen atoms in total. The molecule has 1 aliphatic heterocycles. The number of aromatic nitrogens is 1. The van der Waals surface area contributed by atoms with E-state index in [1.54, 1.807) is 27.9 Å². The van der Waals surface area contributed by atoms with Gasteiger partial charge in [-0.2, -0.15) is 0 Å². The number of hydrogen-bond donors (Lipinski definition) is 1. The van der Waals surface area contributed by atoms with Gasteiger partial charge in [0.2, 0.25) is 5.91 Å². The van der Waals surface area contributed by atoms with Crippen LogP contribution < -0.4 is 0 Å². The fourth-order valence-corrected chi connectivity index (χ4v) is 3.73. The van der Waals surface area contributed by atoms with Crippen molar-refractivity contribution in [2.75, 3.05) is 6.54 Å². The molecule has 2 aromatic rings. The maximum absolute atomic E-state index is 13.3. The highest BCUT2D eigenvalue weighted by molar-refractivity contribution is 7.07. The van der Waals surface area contributed by atoms with Gasteiger partial charge in [-0.25, -0.2) is 9.37 Å². The number of carbonyl (C=O) groups is 2. The van der Waals surface area contributed by atoms with Crippen LogP contribution in [-0.2, 0) is 16.0 Å². The molecule has 1 aromatic heterocycles. The first-order valence-electron chi connectivity index (χ1n) is 7.71. The molecule has 126 valence electrons. The van der Waals surface area contributed by atoms with Gasteiger partial charge in [-0.15, -0.1) is 11.3 Å². The normalized spacial score (nSPS) is 21.0. The lowest BCUT2D eigenvalue weighted by Gasteiger charge is -2.38. The first kappa shape index (κ1) is 16.6. The highest BCUT2D eigenvalue weighted by Gasteiger charge is 2.41. The number of amides is 1. The summed E-state index contributed by atoms with van der Waals surface area (Å²) in [5.41, 5.74) is 3.02. The van der Waals surface area contributed by atoms with Gasteiger partial charge >= 0.3 is 5.97 Å². The topological polar surface area (TPSA) is 70.5 Å². The first-order chi connectivity index (χ1) is 11.6. The molecule has 0 spiro atoms. The van der Waals surface area contributed by atoms with Crippen LogP contribution in [0.25, 0.3) is 0 Å². The summed E-state index contributed by atoms with van der Waals surface area (Å²) in [6.07, 6.45) is 0.990. The summed E-state index contributed by atoms with van der Waals surface area (Å²) in [5, 5.41) is 11.3. The largest absolute Gasteiger partial charge is 0.481 e. The van der Waals surface area contributed by atoms with Crippen LogP contribution in [-0.4, -0.2) is 33.4 Å². The molecule has 0 unspecified atom stereocenters. The van der Waals surface area contributed by atoms with Crippen LogP contribution in [0.4, 0.5) is 4.39 Å². The second kappa shape index (κ2) is 7.09. The van der Waals surface area contributed by atoms with Crippen molar-refractivity contribution in [3.05, 3.63) is 52.2 Å². The number of piperidine rings is 1. The predicted octanol–water partition coefficient (Wildman–Crippen LogP) is 2.89. The van der Waals surface area contributed by atoms with E-state index < -0.39 is 17.9 Å². The monoisotopic (exact) mass is 348 g/mol. The molecule has 1 N–H and O–H groups in total. The minimum absolute atomic E-state index is 0.0816. The second-order valence-electron chi connectivity index (χ2n) is 5.81. The van der Waals surface area contributed by atoms with Crippen LogP contribution in [0.3, 0.4) is 0 Å². The Morgan fingerprint density at radius 2 is 2.29 bits per heavy atom. The van der Waals surface area contributed by atoms with E-state index in [9.17, 15) is 19.1 Å². The van der Waals surface area contributed by atoms with Gasteiger partial charge in [-0.05, 0) is 30.5 Å². The average Bonchev–Trinajstić information content (AvgIpc) is 3.07. The lowest BCUT2D eigenvalue weighted by molar-refractivity contribution is -0.152. The van der Waals surface area contributed by atoms with E-state index in [2.05, 4.69) is 4.98 Å². The zero-order valence-corrected chi connectivity index (χ0v) is 13.7. The third kappa shape index (κ3) is 3.46. The summed E-state index contributed by atoms with van der Waals surface area (Å²) in [5.74, 6) is -1.99. The van der Waals surface area contributed by atoms with Crippen molar-refractivity contribution in [1.82, 2.24) is 9.88 Å². The maximum atomic E-state index is 13.3. The number of likely N-dealkylation sites (tertiary alicyclic amines) is 1. The van der Waals surface area contributed by atoms with Crippen LogP contribution >= 0.6 is 11.3 Å². The fourth-order valence-electron chi connectivity index (χ4n) is 3.15. The van der Waals surface area contributed by atoms with Crippen molar-refractivity contribution in [1.29, 1.82) is 0 Å². The molecule has 0 saturated carbocycles. The second-order valence-corrected chi connectivity index (χ2v) is 6.53. The maximum Gasteiger partial charge on any atom is 0.309 e. The van der Waals surface area contributed by atoms with Gasteiger partial charge < -0.3 is 10.0 Å². The van der Waals surface area contributed by atoms with Gasteiger partial charge in [0, 0.05) is 18.3 Å². The van der Waals surface area contributed by atoms with Crippen molar-refractivity contribution in [3.63, 3.8) is 0 Å². The van der Waals surface area contributed by atoms with Gasteiger partial charge in [0.15, 0.2) is 0 Å². The Hall–Kier alpha value is -2.28. The average molecular weight is 348 g/mol. The molecule has 0 bridgehead atoms. The number of carboxylic acids is 1. The molecule has 0 radical (unpaired) electrons. The number of aliphatic carboxylic acids is 1. The van der Waals surface area contributed by atoms with Crippen molar-refractivity contribution < 1.29 is 19.1 Å². The molecule has 7 heteroatoms. The molecule has 24 heavy (non-hydrogen) atoms. The van der Waals surface area contributed by atoms with Gasteiger partial charge in [0.25, 0.3) is 0 Å². The SMILES string of the molecule is O=C(O)[C@H]1CCC(=O)N(CCc2cccc(F)c2)[C@H]1c1cscn1. The number of halogens is 1. The van der Waals surface area contributed by atoms with E-state index in [-0.39, 0.29) is 18.1 Å². The lowest BCUT2D eigenvalue weighted by Crippen LogP contribution is -2.46. The molecule has 1 fully saturated rings. The van der Waals surface area contributed by atoms with Crippen LogP contribution in [0.2, 0.25) is 0 Å². The standard InChI is InChI=1S/C17H17FN2O3S/c18-12-3-1-2-11(8-12)6-7-20-15(21)5-4-13(17(22)23)16(20)14-9-24-10-19-14/h1-3,8-10,13,16H,4-7H2,(H,22,23)/t13-,16+/m0/s1. The summed E-state index contributed by atoms with van der Waals surface area (Å²) >= 11 is 1.38. The van der Waals surface area contributed by atoms with Gasteiger partial charge in [0.05, 0.1) is 23.2 Å². The third-order valence-electron chi connectivity index (χ3n) is 4.31. The summed E-state index contributed by atoms with van der Waals surface area (Å²) in [4.78, 5) is 29.8. The van der Waals surface area contributed by atoms with Crippen LogP contribution in [0.1, 0.15) is 30.1 Å². The Morgan fingerprint density at radius 1 is 1.46 bits per heavy atom. The number of carbonyl (C=O) groups excluding carboxylic acids is 1. The number of thiazole rings is 1. The van der Waals surface area contributed by atoms with Crippen molar-refractivity contribution in [2.24, 2.45) is 5.92 Å². The van der Waals surface area contributed by atoms with Crippen molar-refractivity contribution in [3.8, 4) is 0 Å². The molecule has 2 atom stereocenters. The summed E-state index contributed by atoms with van der Waals surface area (Å²) in [6, 6.07) is 5.66. The Morgan fingerprint density at radius 3 is 2.96 bits per heavy atom. The third-order valence-corrected chi connectivity index (χ3v) is 4.91. The quantitative estimate of drug-likeness (QED) is 0.902. The van der Waals surface area contributed by atoms with E-state index in [1.807, 2.05) is 0 Å². The van der Waals surface area contributed by atoms with E-state index in [0.29, 0.717) is 25.1 Å². The van der Waals surface area contributed by atoms with E-state index >= 15 is 0 Å². The predicted molar refractivity (Wildman–Crippen MR) is 87.0 cm³/mol. The zero-order chi connectivity index (χ0) is 17.1. The zero-order valence-electron chi connectivity index (χ0n) is 12.9. The van der Waals surface area contributed by atoms with Crippen LogP contribution in [0, 0.1) is 11.7 Å². The van der Waals surface area contributed by atoms with Crippen molar-refractivity contribution in [2.45, 2.75) is 25.3 Å². The van der Waals surface area contributed by atoms with Gasteiger partial charge in [0.1, 0.15) is 5.82 Å². The van der Waals surface area contributed by atoms with E-state index in [0.717, 1.165) is 5.56 Å². The molecular weight excluding hydrogens is 331 g/mol. The molecule has 1 amide bonds. The van der Waals surface area contributed by atoms with E-state index in [1.165, 1.54) is 23.5 Å². The molecule has 0 aliphatic carbocycles. The molecule has 3 rings (SSSR count). The Balaban J connectivity index is 1.84. The van der Waals surface area contributed by atoms with Gasteiger partial charge in [-0.1, -0.05) is 12.1 Å². The lowest BCUT2D eigenvalue weighted by atomic mass is 9.86. The molecular formula is C17H17FN2O3S. The number of benzene rings is 1. The van der Waals surface area contributed by atoms with Gasteiger partial charge in [-0.3, -0.25) is 9.59 Å². The Labute approximate surface area is 142 Å². The number of hydrogen-bond acceptors (Lipinski definition) is 4. The van der Waals surface area contributed by atoms with E-state index in [4.69, 9.17) is 0 Å². The fraction of sp³-hybridized carbons (Fsp3) is 0.353. The van der Waals surface area contributed by atoms with Crippen LogP contribution in [0.5, 0.6) is 0 Å². The minimum atomic E-state index is -0.920. The number of carboxylic acid groups (broad SMARTS) is 1. The summed E-state index contributed by atoms with van der Waals surface area (Å²) in [6.45, 7) is 0.342. The van der Waals surface area contributed by atoms with Crippen molar-refractivity contribution >= 4 is 23.2 Å². The Bertz CT molecular complexity index is 735. The smallest absolute Gasteiger partial charge is 0.309 e. The molecule has 1 aromatic carbocycles.